The van der Waals surface area contributed by atoms with Crippen molar-refractivity contribution in [2.75, 3.05) is 12.4 Å². The van der Waals surface area contributed by atoms with Crippen molar-refractivity contribution in [3.8, 4) is 17.2 Å². The smallest absolute Gasteiger partial charge is 0.163 e. The van der Waals surface area contributed by atoms with Gasteiger partial charge >= 0.3 is 0 Å². The van der Waals surface area contributed by atoms with Crippen molar-refractivity contribution in [3.63, 3.8) is 0 Å². The lowest BCUT2D eigenvalue weighted by Gasteiger charge is -2.14. The Morgan fingerprint density at radius 2 is 1.75 bits per heavy atom. The van der Waals surface area contributed by atoms with E-state index in [-0.39, 0.29) is 18.0 Å². The largest absolute Gasteiger partial charge is 0.508 e. The summed E-state index contributed by atoms with van der Waals surface area (Å²) in [6, 6.07) is 9.20. The number of benzene rings is 3. The minimum Gasteiger partial charge on any atom is -0.508 e. The molecule has 0 saturated carbocycles. The molecule has 4 rings (SSSR count). The number of hydrogen-bond donors (Lipinski definition) is 2. The molecule has 4 aromatic rings. The molecule has 0 bridgehead atoms. The second-order valence-electron chi connectivity index (χ2n) is 7.02. The van der Waals surface area contributed by atoms with Crippen molar-refractivity contribution >= 4 is 22.4 Å². The highest BCUT2D eigenvalue weighted by Gasteiger charge is 2.14. The summed E-state index contributed by atoms with van der Waals surface area (Å²) in [5.41, 5.74) is 1.36. The summed E-state index contributed by atoms with van der Waals surface area (Å²) in [5, 5.41) is 13.3. The average molecular weight is 441 g/mol. The number of rotatable bonds is 6. The fraction of sp³-hybridized carbons (Fsp3) is 0.130. The van der Waals surface area contributed by atoms with E-state index in [0.717, 1.165) is 12.1 Å². The van der Waals surface area contributed by atoms with Gasteiger partial charge in [-0.1, -0.05) is 6.07 Å². The molecule has 0 amide bonds. The van der Waals surface area contributed by atoms with E-state index >= 15 is 0 Å². The zero-order chi connectivity index (χ0) is 22.8. The van der Waals surface area contributed by atoms with Crippen LogP contribution in [0.4, 0.5) is 24.7 Å². The summed E-state index contributed by atoms with van der Waals surface area (Å²) >= 11 is 0. The Morgan fingerprint density at radius 1 is 0.938 bits per heavy atom. The number of ether oxygens (including phenoxy) is 2. The normalized spacial score (nSPS) is 10.9. The number of halogens is 3. The molecule has 1 heterocycles. The summed E-state index contributed by atoms with van der Waals surface area (Å²) in [4.78, 5) is 8.38. The highest BCUT2D eigenvalue weighted by molar-refractivity contribution is 5.93. The number of anilines is 2. The SMILES string of the molecule is COc1cc2c(Nc3cc(O)c(C)cc3F)ncnc2cc1OCc1ccc(F)c(F)c1. The van der Waals surface area contributed by atoms with E-state index < -0.39 is 17.5 Å². The van der Waals surface area contributed by atoms with Gasteiger partial charge in [0.15, 0.2) is 23.1 Å². The molecule has 0 radical (unpaired) electrons. The fourth-order valence-corrected chi connectivity index (χ4v) is 3.11. The van der Waals surface area contributed by atoms with Crippen LogP contribution in [0.15, 0.2) is 48.8 Å². The van der Waals surface area contributed by atoms with Crippen LogP contribution in [-0.2, 0) is 6.61 Å². The van der Waals surface area contributed by atoms with Crippen molar-refractivity contribution in [2.45, 2.75) is 13.5 Å². The van der Waals surface area contributed by atoms with Crippen molar-refractivity contribution in [3.05, 3.63) is 77.4 Å². The first-order chi connectivity index (χ1) is 15.4. The van der Waals surface area contributed by atoms with Crippen LogP contribution in [-0.4, -0.2) is 22.2 Å². The van der Waals surface area contributed by atoms with Gasteiger partial charge < -0.3 is 19.9 Å². The first-order valence-electron chi connectivity index (χ1n) is 9.51. The van der Waals surface area contributed by atoms with Crippen LogP contribution in [0, 0.1) is 24.4 Å². The summed E-state index contributed by atoms with van der Waals surface area (Å²) < 4.78 is 52.0. The van der Waals surface area contributed by atoms with E-state index in [9.17, 15) is 18.3 Å². The predicted octanol–water partition coefficient (Wildman–Crippen LogP) is 5.39. The number of nitrogens with one attached hydrogen (secondary N) is 1. The van der Waals surface area contributed by atoms with Crippen LogP contribution in [0.1, 0.15) is 11.1 Å². The number of aromatic nitrogens is 2. The molecule has 0 aliphatic heterocycles. The average Bonchev–Trinajstić information content (AvgIpc) is 2.77. The second kappa shape index (κ2) is 8.62. The second-order valence-corrected chi connectivity index (χ2v) is 7.02. The minimum atomic E-state index is -0.964. The molecule has 0 aliphatic carbocycles. The van der Waals surface area contributed by atoms with E-state index in [1.165, 1.54) is 31.6 Å². The van der Waals surface area contributed by atoms with Crippen LogP contribution in [0.25, 0.3) is 10.9 Å². The monoisotopic (exact) mass is 441 g/mol. The molecule has 0 aliphatic rings. The van der Waals surface area contributed by atoms with Gasteiger partial charge in [-0.3, -0.25) is 0 Å². The van der Waals surface area contributed by atoms with Crippen LogP contribution in [0.2, 0.25) is 0 Å². The van der Waals surface area contributed by atoms with E-state index in [4.69, 9.17) is 9.47 Å². The van der Waals surface area contributed by atoms with E-state index in [0.29, 0.717) is 39.3 Å². The summed E-state index contributed by atoms with van der Waals surface area (Å²) in [5.74, 6) is -1.55. The molecule has 32 heavy (non-hydrogen) atoms. The minimum absolute atomic E-state index is 0.0247. The zero-order valence-electron chi connectivity index (χ0n) is 17.1. The molecule has 0 atom stereocenters. The Labute approximate surface area is 181 Å². The molecule has 0 unspecified atom stereocenters. The standard InChI is InChI=1S/C23H18F3N3O3/c1-12-5-17(26)19(8-20(12)30)29-23-14-7-21(31-2)22(9-18(14)27-11-28-23)32-10-13-3-4-15(24)16(25)6-13/h3-9,11,30H,10H2,1-2H3,(H,27,28,29). The maximum Gasteiger partial charge on any atom is 0.163 e. The van der Waals surface area contributed by atoms with Crippen LogP contribution in [0.5, 0.6) is 17.2 Å². The highest BCUT2D eigenvalue weighted by Crippen LogP contribution is 2.36. The van der Waals surface area contributed by atoms with Crippen LogP contribution in [0.3, 0.4) is 0 Å². The molecule has 0 spiro atoms. The third kappa shape index (κ3) is 4.22. The maximum absolute atomic E-state index is 14.3. The number of aryl methyl sites for hydroxylation is 1. The van der Waals surface area contributed by atoms with E-state index in [1.807, 2.05) is 0 Å². The van der Waals surface area contributed by atoms with Gasteiger partial charge in [0.1, 0.15) is 30.3 Å². The van der Waals surface area contributed by atoms with Crippen LogP contribution < -0.4 is 14.8 Å². The van der Waals surface area contributed by atoms with Gasteiger partial charge in [0.05, 0.1) is 18.3 Å². The molecule has 1 aromatic heterocycles. The quantitative estimate of drug-likeness (QED) is 0.418. The third-order valence-electron chi connectivity index (χ3n) is 4.84. The molecule has 0 saturated heterocycles. The Bertz CT molecular complexity index is 1310. The third-order valence-corrected chi connectivity index (χ3v) is 4.84. The summed E-state index contributed by atoms with van der Waals surface area (Å²) in [7, 11) is 1.44. The van der Waals surface area contributed by atoms with Gasteiger partial charge in [0.2, 0.25) is 0 Å². The summed E-state index contributed by atoms with van der Waals surface area (Å²) in [6.07, 6.45) is 1.29. The number of aromatic hydroxyl groups is 1. The first kappa shape index (κ1) is 21.2. The van der Waals surface area contributed by atoms with Gasteiger partial charge in [-0.2, -0.15) is 0 Å². The van der Waals surface area contributed by atoms with Crippen molar-refractivity contribution in [2.24, 2.45) is 0 Å². The number of hydrogen-bond acceptors (Lipinski definition) is 6. The lowest BCUT2D eigenvalue weighted by molar-refractivity contribution is 0.284. The van der Waals surface area contributed by atoms with Gasteiger partial charge in [-0.05, 0) is 42.3 Å². The lowest BCUT2D eigenvalue weighted by Crippen LogP contribution is -2.01. The number of phenols is 1. The Kier molecular flexibility index (Phi) is 5.72. The molecule has 6 nitrogen and oxygen atoms in total. The Morgan fingerprint density at radius 3 is 2.50 bits per heavy atom. The van der Waals surface area contributed by atoms with Gasteiger partial charge in [0.25, 0.3) is 0 Å². The lowest BCUT2D eigenvalue weighted by atomic mass is 10.1. The molecular weight excluding hydrogens is 423 g/mol. The predicted molar refractivity (Wildman–Crippen MR) is 113 cm³/mol. The molecule has 9 heteroatoms. The fourth-order valence-electron chi connectivity index (χ4n) is 3.11. The molecule has 164 valence electrons. The van der Waals surface area contributed by atoms with Crippen molar-refractivity contribution in [1.82, 2.24) is 9.97 Å². The van der Waals surface area contributed by atoms with E-state index in [2.05, 4.69) is 15.3 Å². The highest BCUT2D eigenvalue weighted by atomic mass is 19.2. The first-order valence-corrected chi connectivity index (χ1v) is 9.51. The zero-order valence-corrected chi connectivity index (χ0v) is 17.1. The Balaban J connectivity index is 1.66. The van der Waals surface area contributed by atoms with E-state index in [1.54, 1.807) is 19.1 Å². The van der Waals surface area contributed by atoms with Gasteiger partial charge in [0, 0.05) is 17.5 Å². The molecule has 3 aromatic carbocycles. The molecule has 0 fully saturated rings. The number of methoxy groups -OCH3 is 1. The van der Waals surface area contributed by atoms with Crippen molar-refractivity contribution in [1.29, 1.82) is 0 Å². The Hall–Kier alpha value is -4.01. The van der Waals surface area contributed by atoms with Gasteiger partial charge in [-0.25, -0.2) is 23.1 Å². The summed E-state index contributed by atoms with van der Waals surface area (Å²) in [6.45, 7) is 1.57. The maximum atomic E-state index is 14.3. The molecule has 2 N–H and O–H groups in total. The number of phenolic OH excluding ortho intramolecular Hbond substituents is 1. The topological polar surface area (TPSA) is 76.5 Å². The number of fused-ring (bicyclic) bond motifs is 1. The van der Waals surface area contributed by atoms with Crippen LogP contribution >= 0.6 is 0 Å². The van der Waals surface area contributed by atoms with Crippen molar-refractivity contribution < 1.29 is 27.8 Å². The van der Waals surface area contributed by atoms with Gasteiger partial charge in [-0.15, -0.1) is 0 Å². The number of nitrogens with zero attached hydrogens (tertiary/aromatic N) is 2. The molecular formula is C23H18F3N3O3.